The van der Waals surface area contributed by atoms with Crippen LogP contribution in [0.1, 0.15) is 47.5 Å². The number of hydrogen-bond acceptors (Lipinski definition) is 4. The number of nitrogens with zero attached hydrogens (tertiary/aromatic N) is 1. The molecule has 6 nitrogen and oxygen atoms in total. The second kappa shape index (κ2) is 5.60. The Morgan fingerprint density at radius 1 is 1.30 bits per heavy atom. The van der Waals surface area contributed by atoms with E-state index in [-0.39, 0.29) is 12.6 Å². The summed E-state index contributed by atoms with van der Waals surface area (Å²) < 4.78 is 5.33. The second-order valence-electron chi connectivity index (χ2n) is 6.81. The molecule has 1 atom stereocenters. The molecule has 0 radical (unpaired) electrons. The quantitative estimate of drug-likeness (QED) is 0.806. The van der Waals surface area contributed by atoms with Crippen LogP contribution in [0.15, 0.2) is 0 Å². The summed E-state index contributed by atoms with van der Waals surface area (Å²) >= 11 is 0. The van der Waals surface area contributed by atoms with Crippen molar-refractivity contribution >= 4 is 12.1 Å². The number of carbonyl (C=O) groups excluding carboxylic acids is 1. The van der Waals surface area contributed by atoms with Crippen molar-refractivity contribution in [2.45, 2.75) is 65.2 Å². The molecule has 1 aliphatic rings. The van der Waals surface area contributed by atoms with Crippen molar-refractivity contribution in [3.63, 3.8) is 0 Å². The van der Waals surface area contributed by atoms with Crippen LogP contribution in [0.25, 0.3) is 0 Å². The fraction of sp³-hybridized carbons (Fsp3) is 0.857. The van der Waals surface area contributed by atoms with Gasteiger partial charge in [-0.05, 0) is 47.5 Å². The van der Waals surface area contributed by atoms with Crippen molar-refractivity contribution in [2.24, 2.45) is 5.41 Å². The predicted octanol–water partition coefficient (Wildman–Crippen LogP) is 1.86. The van der Waals surface area contributed by atoms with E-state index in [0.29, 0.717) is 12.8 Å². The Morgan fingerprint density at radius 3 is 2.10 bits per heavy atom. The summed E-state index contributed by atoms with van der Waals surface area (Å²) in [6, 6.07) is -0.122. The zero-order chi connectivity index (χ0) is 15.7. The smallest absolute Gasteiger partial charge is 0.410 e. The highest BCUT2D eigenvalue weighted by Gasteiger charge is 2.54. The van der Waals surface area contributed by atoms with Gasteiger partial charge < -0.3 is 19.8 Å². The van der Waals surface area contributed by atoms with Crippen LogP contribution in [-0.4, -0.2) is 51.5 Å². The van der Waals surface area contributed by atoms with E-state index in [1.807, 2.05) is 13.8 Å². The van der Waals surface area contributed by atoms with E-state index in [0.717, 1.165) is 0 Å². The lowest BCUT2D eigenvalue weighted by Crippen LogP contribution is -2.47. The summed E-state index contributed by atoms with van der Waals surface area (Å²) in [7, 11) is 0. The molecule has 1 amide bonds. The van der Waals surface area contributed by atoms with Crippen LogP contribution in [0.3, 0.4) is 0 Å². The molecular formula is C14H25NO5. The molecule has 1 fully saturated rings. The van der Waals surface area contributed by atoms with Gasteiger partial charge in [0, 0.05) is 18.0 Å². The zero-order valence-electron chi connectivity index (χ0n) is 12.8. The van der Waals surface area contributed by atoms with Crippen LogP contribution in [0.4, 0.5) is 4.79 Å². The minimum atomic E-state index is -1.44. The number of amides is 1. The minimum Gasteiger partial charge on any atom is -0.479 e. The predicted molar refractivity (Wildman–Crippen MR) is 73.4 cm³/mol. The van der Waals surface area contributed by atoms with Crippen molar-refractivity contribution in [3.8, 4) is 0 Å². The van der Waals surface area contributed by atoms with Crippen LogP contribution < -0.4 is 0 Å². The summed E-state index contributed by atoms with van der Waals surface area (Å²) in [5, 5.41) is 18.7. The normalized spacial score (nSPS) is 18.6. The van der Waals surface area contributed by atoms with Gasteiger partial charge in [0.15, 0.2) is 6.10 Å². The molecule has 6 heteroatoms. The third kappa shape index (κ3) is 4.10. The number of carbonyl (C=O) groups is 2. The Balaban J connectivity index is 2.79. The third-order valence-electron chi connectivity index (χ3n) is 3.44. The molecule has 116 valence electrons. The van der Waals surface area contributed by atoms with Crippen LogP contribution in [-0.2, 0) is 9.53 Å². The first-order chi connectivity index (χ1) is 8.98. The fourth-order valence-corrected chi connectivity index (χ4v) is 2.06. The topological polar surface area (TPSA) is 87.1 Å². The average Bonchev–Trinajstić information content (AvgIpc) is 3.02. The number of aliphatic hydroxyl groups excluding tert-OH is 1. The summed E-state index contributed by atoms with van der Waals surface area (Å²) in [4.78, 5) is 24.6. The van der Waals surface area contributed by atoms with Crippen molar-refractivity contribution in [1.82, 2.24) is 4.90 Å². The van der Waals surface area contributed by atoms with Crippen molar-refractivity contribution in [1.29, 1.82) is 0 Å². The first kappa shape index (κ1) is 16.8. The molecule has 20 heavy (non-hydrogen) atoms. The highest BCUT2D eigenvalue weighted by molar-refractivity contribution is 5.74. The number of rotatable bonds is 5. The highest BCUT2D eigenvalue weighted by atomic mass is 16.6. The van der Waals surface area contributed by atoms with Gasteiger partial charge in [-0.3, -0.25) is 0 Å². The number of aliphatic hydroxyl groups is 1. The van der Waals surface area contributed by atoms with Crippen molar-refractivity contribution < 1.29 is 24.5 Å². The van der Waals surface area contributed by atoms with Gasteiger partial charge in [0.25, 0.3) is 0 Å². The lowest BCUT2D eigenvalue weighted by Gasteiger charge is -2.33. The van der Waals surface area contributed by atoms with E-state index in [9.17, 15) is 14.7 Å². The molecule has 0 aliphatic heterocycles. The standard InChI is InChI=1S/C14H25NO5/c1-9(2)15(12(19)20-13(3,4)5)8-14(6-7-14)10(16)11(17)18/h9-10,16H,6-8H2,1-5H3,(H,17,18). The first-order valence-electron chi connectivity index (χ1n) is 6.89. The molecule has 1 unspecified atom stereocenters. The molecule has 0 aromatic rings. The lowest BCUT2D eigenvalue weighted by atomic mass is 9.98. The molecule has 0 aromatic carbocycles. The van der Waals surface area contributed by atoms with Crippen molar-refractivity contribution in [2.75, 3.05) is 6.54 Å². The van der Waals surface area contributed by atoms with Crippen molar-refractivity contribution in [3.05, 3.63) is 0 Å². The second-order valence-corrected chi connectivity index (χ2v) is 6.81. The number of carboxylic acid groups (broad SMARTS) is 1. The monoisotopic (exact) mass is 287 g/mol. The summed E-state index contributed by atoms with van der Waals surface area (Å²) in [5.74, 6) is -1.24. The molecule has 0 heterocycles. The minimum absolute atomic E-state index is 0.122. The number of hydrogen-bond donors (Lipinski definition) is 2. The molecule has 1 aliphatic carbocycles. The van der Waals surface area contributed by atoms with E-state index in [2.05, 4.69) is 0 Å². The Kier molecular flexibility index (Phi) is 4.69. The fourth-order valence-electron chi connectivity index (χ4n) is 2.06. The maximum absolute atomic E-state index is 12.2. The summed E-state index contributed by atoms with van der Waals surface area (Å²) in [6.07, 6.45) is -0.707. The summed E-state index contributed by atoms with van der Waals surface area (Å²) in [5.41, 5.74) is -1.33. The van der Waals surface area contributed by atoms with Crippen LogP contribution >= 0.6 is 0 Å². The molecule has 1 rings (SSSR count). The van der Waals surface area contributed by atoms with Gasteiger partial charge in [0.2, 0.25) is 0 Å². The third-order valence-corrected chi connectivity index (χ3v) is 3.44. The number of carboxylic acids is 1. The first-order valence-corrected chi connectivity index (χ1v) is 6.89. The van der Waals surface area contributed by atoms with Crippen LogP contribution in [0.2, 0.25) is 0 Å². The average molecular weight is 287 g/mol. The molecule has 0 spiro atoms. The Morgan fingerprint density at radius 2 is 1.80 bits per heavy atom. The van der Waals surface area contributed by atoms with Gasteiger partial charge >= 0.3 is 12.1 Å². The van der Waals surface area contributed by atoms with E-state index in [1.165, 1.54) is 4.90 Å². The van der Waals surface area contributed by atoms with Crippen LogP contribution in [0.5, 0.6) is 0 Å². The molecule has 0 bridgehead atoms. The Bertz CT molecular complexity index is 382. The Labute approximate surface area is 119 Å². The lowest BCUT2D eigenvalue weighted by molar-refractivity contribution is -0.151. The van der Waals surface area contributed by atoms with E-state index in [4.69, 9.17) is 9.84 Å². The van der Waals surface area contributed by atoms with Gasteiger partial charge in [-0.1, -0.05) is 0 Å². The van der Waals surface area contributed by atoms with Crippen LogP contribution in [0, 0.1) is 5.41 Å². The molecule has 0 saturated heterocycles. The van der Waals surface area contributed by atoms with Gasteiger partial charge in [-0.15, -0.1) is 0 Å². The van der Waals surface area contributed by atoms with Gasteiger partial charge in [0.05, 0.1) is 0 Å². The molecular weight excluding hydrogens is 262 g/mol. The Hall–Kier alpha value is -1.30. The number of ether oxygens (including phenoxy) is 1. The van der Waals surface area contributed by atoms with E-state index in [1.54, 1.807) is 20.8 Å². The molecule has 1 saturated carbocycles. The highest BCUT2D eigenvalue weighted by Crippen LogP contribution is 2.49. The maximum atomic E-state index is 12.2. The SMILES string of the molecule is CC(C)N(CC1(C(O)C(=O)O)CC1)C(=O)OC(C)(C)C. The van der Waals surface area contributed by atoms with E-state index < -0.39 is 29.2 Å². The van der Waals surface area contributed by atoms with E-state index >= 15 is 0 Å². The van der Waals surface area contributed by atoms with Gasteiger partial charge in [-0.2, -0.15) is 0 Å². The zero-order valence-corrected chi connectivity index (χ0v) is 12.8. The molecule has 2 N–H and O–H groups in total. The number of aliphatic carboxylic acids is 1. The van der Waals surface area contributed by atoms with Gasteiger partial charge in [0.1, 0.15) is 5.60 Å². The largest absolute Gasteiger partial charge is 0.479 e. The van der Waals surface area contributed by atoms with Gasteiger partial charge in [-0.25, -0.2) is 9.59 Å². The summed E-state index contributed by atoms with van der Waals surface area (Å²) in [6.45, 7) is 9.22. The molecule has 0 aromatic heterocycles. The maximum Gasteiger partial charge on any atom is 0.410 e.